The van der Waals surface area contributed by atoms with Crippen molar-refractivity contribution in [3.05, 3.63) is 28.8 Å². The average molecular weight is 483 g/mol. The Kier molecular flexibility index (Phi) is 13.1. The molecular weight excluding hydrogens is 432 g/mol. The maximum Gasteiger partial charge on any atom is 0.123 e. The van der Waals surface area contributed by atoms with E-state index in [9.17, 15) is 0 Å². The SMILES string of the molecule is CC(C)(C)c1ccc(OCCOCCOCCOCCOCCO)c(C(C)(C)C)c1C(C)(C)C. The molecule has 1 N–H and O–H groups in total. The van der Waals surface area contributed by atoms with Crippen molar-refractivity contribution in [2.45, 2.75) is 78.6 Å². The first-order valence-electron chi connectivity index (χ1n) is 12.5. The molecule has 0 bridgehead atoms. The monoisotopic (exact) mass is 482 g/mol. The lowest BCUT2D eigenvalue weighted by atomic mass is 9.68. The molecular formula is C28H50O6. The van der Waals surface area contributed by atoms with Gasteiger partial charge in [0.2, 0.25) is 0 Å². The predicted octanol–water partition coefficient (Wildman–Crippen LogP) is 5.02. The second kappa shape index (κ2) is 14.4. The van der Waals surface area contributed by atoms with Crippen molar-refractivity contribution in [2.24, 2.45) is 0 Å². The summed E-state index contributed by atoms with van der Waals surface area (Å²) in [6, 6.07) is 4.37. The van der Waals surface area contributed by atoms with Gasteiger partial charge in [0.15, 0.2) is 0 Å². The fourth-order valence-corrected chi connectivity index (χ4v) is 3.89. The molecule has 0 aromatic heterocycles. The molecule has 0 aliphatic heterocycles. The van der Waals surface area contributed by atoms with E-state index in [2.05, 4.69) is 74.4 Å². The first kappa shape index (κ1) is 30.9. The molecule has 1 rings (SSSR count). The number of hydrogen-bond donors (Lipinski definition) is 1. The zero-order chi connectivity index (χ0) is 25.8. The van der Waals surface area contributed by atoms with Crippen molar-refractivity contribution in [1.82, 2.24) is 0 Å². The van der Waals surface area contributed by atoms with Crippen LogP contribution in [0.4, 0.5) is 0 Å². The molecule has 6 nitrogen and oxygen atoms in total. The van der Waals surface area contributed by atoms with Crippen LogP contribution in [0.1, 0.15) is 79.0 Å². The third-order valence-corrected chi connectivity index (χ3v) is 5.31. The highest BCUT2D eigenvalue weighted by Gasteiger charge is 2.34. The lowest BCUT2D eigenvalue weighted by Crippen LogP contribution is -2.29. The highest BCUT2D eigenvalue weighted by molar-refractivity contribution is 5.53. The van der Waals surface area contributed by atoms with Gasteiger partial charge in [-0.3, -0.25) is 0 Å². The normalized spacial score (nSPS) is 12.9. The third-order valence-electron chi connectivity index (χ3n) is 5.31. The molecule has 0 amide bonds. The van der Waals surface area contributed by atoms with E-state index in [1.807, 2.05) is 0 Å². The molecule has 0 heterocycles. The number of hydrogen-bond acceptors (Lipinski definition) is 6. The molecule has 198 valence electrons. The quantitative estimate of drug-likeness (QED) is 0.354. The van der Waals surface area contributed by atoms with Crippen molar-refractivity contribution in [3.63, 3.8) is 0 Å². The Hall–Kier alpha value is -1.18. The molecule has 0 fully saturated rings. The zero-order valence-corrected chi connectivity index (χ0v) is 23.2. The van der Waals surface area contributed by atoms with Crippen LogP contribution >= 0.6 is 0 Å². The van der Waals surface area contributed by atoms with Crippen LogP contribution in [-0.2, 0) is 35.2 Å². The highest BCUT2D eigenvalue weighted by Crippen LogP contribution is 2.44. The number of aliphatic hydroxyl groups is 1. The molecule has 0 spiro atoms. The first-order chi connectivity index (χ1) is 15.8. The lowest BCUT2D eigenvalue weighted by molar-refractivity contribution is -0.00783. The largest absolute Gasteiger partial charge is 0.491 e. The van der Waals surface area contributed by atoms with Gasteiger partial charge in [-0.1, -0.05) is 68.4 Å². The average Bonchev–Trinajstić information content (AvgIpc) is 2.71. The minimum Gasteiger partial charge on any atom is -0.491 e. The minimum absolute atomic E-state index is 0.00853. The van der Waals surface area contributed by atoms with Crippen molar-refractivity contribution >= 4 is 0 Å². The van der Waals surface area contributed by atoms with Crippen LogP contribution in [0.25, 0.3) is 0 Å². The van der Waals surface area contributed by atoms with Crippen LogP contribution in [0, 0.1) is 0 Å². The van der Waals surface area contributed by atoms with E-state index in [1.165, 1.54) is 16.7 Å². The maximum absolute atomic E-state index is 8.62. The molecule has 34 heavy (non-hydrogen) atoms. The minimum atomic E-state index is -0.0407. The molecule has 0 saturated carbocycles. The first-order valence-corrected chi connectivity index (χ1v) is 12.5. The zero-order valence-electron chi connectivity index (χ0n) is 23.2. The number of aliphatic hydroxyl groups excluding tert-OH is 1. The van der Waals surface area contributed by atoms with Gasteiger partial charge >= 0.3 is 0 Å². The van der Waals surface area contributed by atoms with Crippen LogP contribution in [-0.4, -0.2) is 71.2 Å². The molecule has 0 aliphatic carbocycles. The molecule has 0 aliphatic rings. The summed E-state index contributed by atoms with van der Waals surface area (Å²) < 4.78 is 28.0. The smallest absolute Gasteiger partial charge is 0.123 e. The number of rotatable bonds is 15. The summed E-state index contributed by atoms with van der Waals surface area (Å²) in [5.74, 6) is 0.949. The molecule has 6 heteroatoms. The summed E-state index contributed by atoms with van der Waals surface area (Å²) in [5, 5.41) is 8.62. The van der Waals surface area contributed by atoms with Crippen LogP contribution < -0.4 is 4.74 Å². The van der Waals surface area contributed by atoms with Gasteiger partial charge in [-0.15, -0.1) is 0 Å². The van der Waals surface area contributed by atoms with Crippen molar-refractivity contribution in [2.75, 3.05) is 66.1 Å². The third kappa shape index (κ3) is 11.0. The van der Waals surface area contributed by atoms with Crippen molar-refractivity contribution < 1.29 is 28.8 Å². The second-order valence-corrected chi connectivity index (χ2v) is 11.6. The van der Waals surface area contributed by atoms with Gasteiger partial charge in [-0.2, -0.15) is 0 Å². The fourth-order valence-electron chi connectivity index (χ4n) is 3.89. The topological polar surface area (TPSA) is 66.4 Å². The standard InChI is InChI=1S/C28H50O6/c1-26(2,3)22-10-11-23(25(28(7,8)9)24(22)27(4,5)6)34-21-20-33-19-18-32-17-16-31-15-14-30-13-12-29/h10-11,29H,12-21H2,1-9H3. The Labute approximate surface area is 208 Å². The number of benzene rings is 1. The summed E-state index contributed by atoms with van der Waals surface area (Å²) in [6.07, 6.45) is 0. The Balaban J connectivity index is 2.53. The van der Waals surface area contributed by atoms with Gasteiger partial charge < -0.3 is 28.8 Å². The Morgan fingerprint density at radius 1 is 0.529 bits per heavy atom. The molecule has 0 unspecified atom stereocenters. The van der Waals surface area contributed by atoms with Gasteiger partial charge in [0.1, 0.15) is 12.4 Å². The van der Waals surface area contributed by atoms with E-state index < -0.39 is 0 Å². The molecule has 1 aromatic carbocycles. The lowest BCUT2D eigenvalue weighted by Gasteiger charge is -2.37. The molecule has 1 aromatic rings. The van der Waals surface area contributed by atoms with Gasteiger partial charge in [-0.05, 0) is 33.4 Å². The Morgan fingerprint density at radius 2 is 0.941 bits per heavy atom. The van der Waals surface area contributed by atoms with E-state index in [-0.39, 0.29) is 22.9 Å². The van der Waals surface area contributed by atoms with Crippen molar-refractivity contribution in [3.8, 4) is 5.75 Å². The summed E-state index contributed by atoms with van der Waals surface area (Å²) in [4.78, 5) is 0. The van der Waals surface area contributed by atoms with E-state index >= 15 is 0 Å². The van der Waals surface area contributed by atoms with Crippen LogP contribution in [0.2, 0.25) is 0 Å². The van der Waals surface area contributed by atoms with E-state index in [4.69, 9.17) is 28.8 Å². The summed E-state index contributed by atoms with van der Waals surface area (Å²) in [6.45, 7) is 24.9. The summed E-state index contributed by atoms with van der Waals surface area (Å²) in [5.41, 5.74) is 4.09. The number of ether oxygens (including phenoxy) is 5. The molecule has 0 radical (unpaired) electrons. The summed E-state index contributed by atoms with van der Waals surface area (Å²) in [7, 11) is 0. The van der Waals surface area contributed by atoms with Crippen molar-refractivity contribution in [1.29, 1.82) is 0 Å². The van der Waals surface area contributed by atoms with Gasteiger partial charge in [-0.25, -0.2) is 0 Å². The highest BCUT2D eigenvalue weighted by atomic mass is 16.6. The van der Waals surface area contributed by atoms with Crippen LogP contribution in [0.3, 0.4) is 0 Å². The van der Waals surface area contributed by atoms with E-state index in [1.54, 1.807) is 0 Å². The van der Waals surface area contributed by atoms with Gasteiger partial charge in [0.25, 0.3) is 0 Å². The Bertz CT molecular complexity index is 695. The van der Waals surface area contributed by atoms with E-state index in [0.29, 0.717) is 59.5 Å². The molecule has 0 saturated heterocycles. The second-order valence-electron chi connectivity index (χ2n) is 11.6. The van der Waals surface area contributed by atoms with Crippen LogP contribution in [0.5, 0.6) is 5.75 Å². The summed E-state index contributed by atoms with van der Waals surface area (Å²) >= 11 is 0. The van der Waals surface area contributed by atoms with Gasteiger partial charge in [0.05, 0.1) is 59.5 Å². The molecule has 0 atom stereocenters. The van der Waals surface area contributed by atoms with Crippen LogP contribution in [0.15, 0.2) is 12.1 Å². The Morgan fingerprint density at radius 3 is 1.32 bits per heavy atom. The maximum atomic E-state index is 8.62. The van der Waals surface area contributed by atoms with Gasteiger partial charge in [0, 0.05) is 5.56 Å². The predicted molar refractivity (Wildman–Crippen MR) is 138 cm³/mol. The van der Waals surface area contributed by atoms with E-state index in [0.717, 1.165) is 5.75 Å². The fraction of sp³-hybridized carbons (Fsp3) is 0.786.